The van der Waals surface area contributed by atoms with Gasteiger partial charge in [0.05, 0.1) is 6.54 Å². The van der Waals surface area contributed by atoms with Gasteiger partial charge >= 0.3 is 0 Å². The molecule has 37 heavy (non-hydrogen) atoms. The maximum Gasteiger partial charge on any atom is 0.253 e. The Morgan fingerprint density at radius 3 is 2.35 bits per heavy atom. The Hall–Kier alpha value is -3.97. The second-order valence-electron chi connectivity index (χ2n) is 9.93. The lowest BCUT2D eigenvalue weighted by Gasteiger charge is -2.34. The zero-order valence-corrected chi connectivity index (χ0v) is 21.1. The van der Waals surface area contributed by atoms with Crippen LogP contribution < -0.4 is 4.90 Å². The lowest BCUT2D eigenvalue weighted by atomic mass is 9.99. The molecule has 0 bridgehead atoms. The Balaban J connectivity index is 1.02. The van der Waals surface area contributed by atoms with Crippen molar-refractivity contribution in [2.45, 2.75) is 26.4 Å². The summed E-state index contributed by atoms with van der Waals surface area (Å²) >= 11 is 0. The standard InChI is InChI=1S/C30H31N5O2/c1-22-6-8-24(9-7-22)29-31-28(37-32-29)21-33-16-18-34(19-17-33)30(36)25-10-12-27(13-11-25)35-15-14-23-4-2-3-5-26(23)20-35/h2-13H,14-21H2,1H3. The smallest absolute Gasteiger partial charge is 0.253 e. The van der Waals surface area contributed by atoms with Gasteiger partial charge in [-0.3, -0.25) is 9.69 Å². The molecule has 0 spiro atoms. The first-order chi connectivity index (χ1) is 18.1. The van der Waals surface area contributed by atoms with Gasteiger partial charge in [-0.15, -0.1) is 0 Å². The summed E-state index contributed by atoms with van der Waals surface area (Å²) in [5.41, 5.74) is 6.89. The number of carbonyl (C=O) groups excluding carboxylic acids is 1. The van der Waals surface area contributed by atoms with Crippen molar-refractivity contribution in [1.29, 1.82) is 0 Å². The molecule has 188 valence electrons. The fraction of sp³-hybridized carbons (Fsp3) is 0.300. The normalized spacial score (nSPS) is 16.0. The topological polar surface area (TPSA) is 65.7 Å². The largest absolute Gasteiger partial charge is 0.367 e. The number of fused-ring (bicyclic) bond motifs is 1. The van der Waals surface area contributed by atoms with Crippen LogP contribution in [0.4, 0.5) is 5.69 Å². The van der Waals surface area contributed by atoms with E-state index in [1.165, 1.54) is 22.4 Å². The molecular weight excluding hydrogens is 462 g/mol. The minimum absolute atomic E-state index is 0.0923. The molecule has 7 nitrogen and oxygen atoms in total. The van der Waals surface area contributed by atoms with E-state index in [0.29, 0.717) is 31.3 Å². The maximum atomic E-state index is 13.2. The van der Waals surface area contributed by atoms with Gasteiger partial charge in [-0.25, -0.2) is 0 Å². The van der Waals surface area contributed by atoms with Crippen molar-refractivity contribution < 1.29 is 9.32 Å². The zero-order valence-electron chi connectivity index (χ0n) is 21.1. The number of piperazine rings is 1. The van der Waals surface area contributed by atoms with Crippen LogP contribution in [0, 0.1) is 6.92 Å². The summed E-state index contributed by atoms with van der Waals surface area (Å²) in [4.78, 5) is 24.3. The van der Waals surface area contributed by atoms with Crippen molar-refractivity contribution in [2.75, 3.05) is 37.6 Å². The van der Waals surface area contributed by atoms with Crippen LogP contribution in [0.3, 0.4) is 0 Å². The Morgan fingerprint density at radius 1 is 0.865 bits per heavy atom. The third-order valence-corrected chi connectivity index (χ3v) is 7.41. The molecule has 0 radical (unpaired) electrons. The second-order valence-corrected chi connectivity index (χ2v) is 9.93. The monoisotopic (exact) mass is 493 g/mol. The lowest BCUT2D eigenvalue weighted by molar-refractivity contribution is 0.0615. The highest BCUT2D eigenvalue weighted by Gasteiger charge is 2.24. The van der Waals surface area contributed by atoms with E-state index < -0.39 is 0 Å². The van der Waals surface area contributed by atoms with Gasteiger partial charge < -0.3 is 14.3 Å². The van der Waals surface area contributed by atoms with Crippen molar-refractivity contribution in [3.05, 3.63) is 101 Å². The van der Waals surface area contributed by atoms with Crippen LogP contribution in [-0.4, -0.2) is 58.6 Å². The fourth-order valence-electron chi connectivity index (χ4n) is 5.15. The first-order valence-electron chi connectivity index (χ1n) is 13.0. The van der Waals surface area contributed by atoms with E-state index in [9.17, 15) is 4.79 Å². The summed E-state index contributed by atoms with van der Waals surface area (Å²) in [6.45, 7) is 7.48. The number of aryl methyl sites for hydroxylation is 1. The summed E-state index contributed by atoms with van der Waals surface area (Å²) in [5.74, 6) is 1.31. The van der Waals surface area contributed by atoms with E-state index in [0.717, 1.165) is 43.7 Å². The molecule has 6 rings (SSSR count). The summed E-state index contributed by atoms with van der Waals surface area (Å²) < 4.78 is 5.49. The van der Waals surface area contributed by atoms with Gasteiger partial charge in [-0.05, 0) is 48.7 Å². The molecule has 0 saturated carbocycles. The predicted molar refractivity (Wildman–Crippen MR) is 143 cm³/mol. The van der Waals surface area contributed by atoms with Crippen LogP contribution in [0.1, 0.15) is 32.9 Å². The Labute approximate surface area is 217 Å². The average Bonchev–Trinajstić information content (AvgIpc) is 3.42. The molecule has 0 unspecified atom stereocenters. The fourth-order valence-corrected chi connectivity index (χ4v) is 5.15. The summed E-state index contributed by atoms with van der Waals surface area (Å²) in [7, 11) is 0. The maximum absolute atomic E-state index is 13.2. The number of nitrogens with zero attached hydrogens (tertiary/aromatic N) is 5. The SMILES string of the molecule is Cc1ccc(-c2noc(CN3CCN(C(=O)c4ccc(N5CCc6ccccc6C5)cc4)CC3)n2)cc1. The molecule has 0 aliphatic carbocycles. The first-order valence-corrected chi connectivity index (χ1v) is 13.0. The molecule has 1 saturated heterocycles. The highest BCUT2D eigenvalue weighted by Crippen LogP contribution is 2.25. The van der Waals surface area contributed by atoms with E-state index in [1.54, 1.807) is 0 Å². The van der Waals surface area contributed by atoms with Gasteiger partial charge in [-0.1, -0.05) is 59.3 Å². The van der Waals surface area contributed by atoms with Crippen LogP contribution in [0.15, 0.2) is 77.3 Å². The zero-order chi connectivity index (χ0) is 25.2. The molecule has 0 N–H and O–H groups in total. The van der Waals surface area contributed by atoms with E-state index in [1.807, 2.05) is 41.3 Å². The van der Waals surface area contributed by atoms with Crippen LogP contribution in [-0.2, 0) is 19.5 Å². The van der Waals surface area contributed by atoms with Crippen molar-refractivity contribution >= 4 is 11.6 Å². The second kappa shape index (κ2) is 10.2. The molecule has 1 fully saturated rings. The summed E-state index contributed by atoms with van der Waals surface area (Å²) in [6, 6.07) is 24.8. The van der Waals surface area contributed by atoms with E-state index >= 15 is 0 Å². The molecule has 4 aromatic rings. The van der Waals surface area contributed by atoms with Gasteiger partial charge in [0.1, 0.15) is 0 Å². The van der Waals surface area contributed by atoms with Crippen molar-refractivity contribution in [3.63, 3.8) is 0 Å². The molecule has 1 amide bonds. The van der Waals surface area contributed by atoms with Crippen LogP contribution in [0.25, 0.3) is 11.4 Å². The number of carbonyl (C=O) groups is 1. The third-order valence-electron chi connectivity index (χ3n) is 7.41. The van der Waals surface area contributed by atoms with Gasteiger partial charge in [0, 0.05) is 56.1 Å². The van der Waals surface area contributed by atoms with Crippen LogP contribution >= 0.6 is 0 Å². The molecule has 0 atom stereocenters. The van der Waals surface area contributed by atoms with Crippen molar-refractivity contribution in [2.24, 2.45) is 0 Å². The quantitative estimate of drug-likeness (QED) is 0.406. The Morgan fingerprint density at radius 2 is 1.59 bits per heavy atom. The third kappa shape index (κ3) is 5.13. The van der Waals surface area contributed by atoms with Gasteiger partial charge in [0.15, 0.2) is 0 Å². The van der Waals surface area contributed by atoms with E-state index in [2.05, 4.69) is 63.3 Å². The molecule has 3 aromatic carbocycles. The molecule has 2 aliphatic rings. The number of hydrogen-bond acceptors (Lipinski definition) is 6. The number of aromatic nitrogens is 2. The van der Waals surface area contributed by atoms with Gasteiger partial charge in [-0.2, -0.15) is 4.98 Å². The number of benzene rings is 3. The highest BCUT2D eigenvalue weighted by molar-refractivity contribution is 5.94. The number of hydrogen-bond donors (Lipinski definition) is 0. The average molecular weight is 494 g/mol. The summed E-state index contributed by atoms with van der Waals surface area (Å²) in [6.07, 6.45) is 1.05. The minimum Gasteiger partial charge on any atom is -0.367 e. The molecule has 1 aromatic heterocycles. The molecule has 3 heterocycles. The molecule has 2 aliphatic heterocycles. The predicted octanol–water partition coefficient (Wildman–Crippen LogP) is 4.57. The van der Waals surface area contributed by atoms with E-state index in [-0.39, 0.29) is 5.91 Å². The summed E-state index contributed by atoms with van der Waals surface area (Å²) in [5, 5.41) is 4.14. The van der Waals surface area contributed by atoms with Crippen molar-refractivity contribution in [1.82, 2.24) is 19.9 Å². The van der Waals surface area contributed by atoms with Crippen LogP contribution in [0.2, 0.25) is 0 Å². The molecule has 7 heteroatoms. The first kappa shape index (κ1) is 23.4. The van der Waals surface area contributed by atoms with E-state index in [4.69, 9.17) is 4.52 Å². The van der Waals surface area contributed by atoms with Crippen LogP contribution in [0.5, 0.6) is 0 Å². The Kier molecular flexibility index (Phi) is 6.45. The Bertz CT molecular complexity index is 1370. The lowest BCUT2D eigenvalue weighted by Crippen LogP contribution is -2.48. The van der Waals surface area contributed by atoms with Gasteiger partial charge in [0.25, 0.3) is 5.91 Å². The number of amides is 1. The van der Waals surface area contributed by atoms with Crippen molar-refractivity contribution in [3.8, 4) is 11.4 Å². The highest BCUT2D eigenvalue weighted by atomic mass is 16.5. The number of anilines is 1. The molecular formula is C30H31N5O2. The number of rotatable bonds is 5. The van der Waals surface area contributed by atoms with Gasteiger partial charge in [0.2, 0.25) is 11.7 Å². The minimum atomic E-state index is 0.0923.